The third-order valence-electron chi connectivity index (χ3n) is 3.61. The molecule has 0 aliphatic rings. The lowest BCUT2D eigenvalue weighted by Gasteiger charge is -2.16. The fourth-order valence-corrected chi connectivity index (χ4v) is 2.36. The monoisotopic (exact) mass is 286 g/mol. The smallest absolute Gasteiger partial charge is 0.246 e. The van der Waals surface area contributed by atoms with E-state index in [-0.39, 0.29) is 5.91 Å². The standard InChI is InChI=1S/C16H22N4O/c1-4-11-7-6-8-12(5-2)15(11)19-16(21)14(17)13-9-18-20(3)10-13/h6-10,14H,4-5,17H2,1-3H3,(H,19,21). The largest absolute Gasteiger partial charge is 0.324 e. The molecular weight excluding hydrogens is 264 g/mol. The number of carbonyl (C=O) groups is 1. The normalized spacial score (nSPS) is 12.2. The Morgan fingerprint density at radius 2 is 1.95 bits per heavy atom. The van der Waals surface area contributed by atoms with Gasteiger partial charge >= 0.3 is 0 Å². The number of hydrogen-bond donors (Lipinski definition) is 2. The van der Waals surface area contributed by atoms with Gasteiger partial charge in [0.25, 0.3) is 0 Å². The molecular formula is C16H22N4O. The van der Waals surface area contributed by atoms with Gasteiger partial charge in [0.1, 0.15) is 6.04 Å². The molecule has 1 atom stereocenters. The van der Waals surface area contributed by atoms with Crippen LogP contribution in [0, 0.1) is 0 Å². The molecule has 0 bridgehead atoms. The predicted molar refractivity (Wildman–Crippen MR) is 84.0 cm³/mol. The molecule has 112 valence electrons. The molecule has 0 spiro atoms. The molecule has 3 N–H and O–H groups in total. The summed E-state index contributed by atoms with van der Waals surface area (Å²) in [6, 6.07) is 5.37. The fraction of sp³-hybridized carbons (Fsp3) is 0.375. The van der Waals surface area contributed by atoms with E-state index in [0.29, 0.717) is 5.56 Å². The first kappa shape index (κ1) is 15.3. The predicted octanol–water partition coefficient (Wildman–Crippen LogP) is 2.18. The van der Waals surface area contributed by atoms with Crippen molar-refractivity contribution in [3.8, 4) is 0 Å². The molecule has 2 rings (SSSR count). The summed E-state index contributed by atoms with van der Waals surface area (Å²) in [7, 11) is 1.80. The molecule has 0 saturated carbocycles. The molecule has 21 heavy (non-hydrogen) atoms. The van der Waals surface area contributed by atoms with Crippen molar-refractivity contribution in [2.45, 2.75) is 32.7 Å². The van der Waals surface area contributed by atoms with Crippen LogP contribution in [0.2, 0.25) is 0 Å². The molecule has 1 unspecified atom stereocenters. The highest BCUT2D eigenvalue weighted by molar-refractivity contribution is 5.96. The Morgan fingerprint density at radius 3 is 2.43 bits per heavy atom. The number of benzene rings is 1. The highest BCUT2D eigenvalue weighted by Crippen LogP contribution is 2.24. The number of aryl methyl sites for hydroxylation is 3. The van der Waals surface area contributed by atoms with Gasteiger partial charge in [-0.2, -0.15) is 5.10 Å². The number of nitrogens with two attached hydrogens (primary N) is 1. The number of aromatic nitrogens is 2. The molecule has 1 aromatic carbocycles. The Balaban J connectivity index is 2.23. The molecule has 0 saturated heterocycles. The number of anilines is 1. The number of carbonyl (C=O) groups excluding carboxylic acids is 1. The summed E-state index contributed by atoms with van der Waals surface area (Å²) < 4.78 is 1.64. The van der Waals surface area contributed by atoms with Crippen molar-refractivity contribution < 1.29 is 4.79 Å². The van der Waals surface area contributed by atoms with Crippen molar-refractivity contribution in [2.75, 3.05) is 5.32 Å². The van der Waals surface area contributed by atoms with Gasteiger partial charge in [-0.1, -0.05) is 32.0 Å². The van der Waals surface area contributed by atoms with Crippen molar-refractivity contribution in [2.24, 2.45) is 12.8 Å². The van der Waals surface area contributed by atoms with Crippen LogP contribution in [0.25, 0.3) is 0 Å². The molecule has 1 heterocycles. The van der Waals surface area contributed by atoms with Gasteiger partial charge in [0, 0.05) is 24.5 Å². The van der Waals surface area contributed by atoms with Crippen molar-refractivity contribution in [3.05, 3.63) is 47.3 Å². The van der Waals surface area contributed by atoms with Crippen LogP contribution in [0.4, 0.5) is 5.69 Å². The Hall–Kier alpha value is -2.14. The average molecular weight is 286 g/mol. The SMILES string of the molecule is CCc1cccc(CC)c1NC(=O)C(N)c1cnn(C)c1. The van der Waals surface area contributed by atoms with E-state index >= 15 is 0 Å². The van der Waals surface area contributed by atoms with Gasteiger partial charge < -0.3 is 11.1 Å². The minimum atomic E-state index is -0.715. The highest BCUT2D eigenvalue weighted by Gasteiger charge is 2.19. The van der Waals surface area contributed by atoms with E-state index in [2.05, 4.69) is 24.3 Å². The van der Waals surface area contributed by atoms with Crippen LogP contribution in [-0.2, 0) is 24.7 Å². The van der Waals surface area contributed by atoms with Gasteiger partial charge in [0.2, 0.25) is 5.91 Å². The summed E-state index contributed by atoms with van der Waals surface area (Å²) in [5.74, 6) is -0.210. The van der Waals surface area contributed by atoms with E-state index in [0.717, 1.165) is 29.7 Å². The summed E-state index contributed by atoms with van der Waals surface area (Å²) in [4.78, 5) is 12.4. The topological polar surface area (TPSA) is 72.9 Å². The number of rotatable bonds is 5. The van der Waals surface area contributed by atoms with Crippen molar-refractivity contribution in [3.63, 3.8) is 0 Å². The highest BCUT2D eigenvalue weighted by atomic mass is 16.2. The van der Waals surface area contributed by atoms with Crippen LogP contribution in [0.3, 0.4) is 0 Å². The molecule has 0 aliphatic carbocycles. The second-order valence-electron chi connectivity index (χ2n) is 5.07. The van der Waals surface area contributed by atoms with Crippen LogP contribution in [0.15, 0.2) is 30.6 Å². The molecule has 2 aromatic rings. The van der Waals surface area contributed by atoms with Crippen LogP contribution in [0.5, 0.6) is 0 Å². The number of nitrogens with zero attached hydrogens (tertiary/aromatic N) is 2. The molecule has 5 nitrogen and oxygen atoms in total. The molecule has 0 radical (unpaired) electrons. The Bertz CT molecular complexity index is 611. The van der Waals surface area contributed by atoms with Crippen LogP contribution in [-0.4, -0.2) is 15.7 Å². The third-order valence-corrected chi connectivity index (χ3v) is 3.61. The first-order valence-corrected chi connectivity index (χ1v) is 7.22. The second kappa shape index (κ2) is 6.54. The zero-order valence-electron chi connectivity index (χ0n) is 12.8. The first-order valence-electron chi connectivity index (χ1n) is 7.22. The van der Waals surface area contributed by atoms with Crippen molar-refractivity contribution in [1.82, 2.24) is 9.78 Å². The minimum absolute atomic E-state index is 0.210. The Kier molecular flexibility index (Phi) is 4.75. The maximum absolute atomic E-state index is 12.4. The lowest BCUT2D eigenvalue weighted by Crippen LogP contribution is -2.28. The van der Waals surface area contributed by atoms with Gasteiger partial charge in [-0.15, -0.1) is 0 Å². The number of nitrogens with one attached hydrogen (secondary N) is 1. The summed E-state index contributed by atoms with van der Waals surface area (Å²) in [6.45, 7) is 4.15. The van der Waals surface area contributed by atoms with E-state index < -0.39 is 6.04 Å². The van der Waals surface area contributed by atoms with Gasteiger partial charge in [-0.25, -0.2) is 0 Å². The number of amides is 1. The summed E-state index contributed by atoms with van der Waals surface area (Å²) >= 11 is 0. The Morgan fingerprint density at radius 1 is 1.33 bits per heavy atom. The minimum Gasteiger partial charge on any atom is -0.324 e. The lowest BCUT2D eigenvalue weighted by molar-refractivity contribution is -0.117. The number of hydrogen-bond acceptors (Lipinski definition) is 3. The van der Waals surface area contributed by atoms with E-state index in [1.807, 2.05) is 18.2 Å². The molecule has 0 fully saturated rings. The summed E-state index contributed by atoms with van der Waals surface area (Å²) in [5, 5.41) is 7.04. The van der Waals surface area contributed by atoms with Gasteiger partial charge in [0.15, 0.2) is 0 Å². The molecule has 0 aliphatic heterocycles. The van der Waals surface area contributed by atoms with Crippen LogP contribution in [0.1, 0.15) is 36.6 Å². The molecule has 5 heteroatoms. The van der Waals surface area contributed by atoms with Crippen LogP contribution < -0.4 is 11.1 Å². The summed E-state index contributed by atoms with van der Waals surface area (Å²) in [6.07, 6.45) is 5.12. The first-order chi connectivity index (χ1) is 10.1. The lowest BCUT2D eigenvalue weighted by atomic mass is 10.0. The number of para-hydroxylation sites is 1. The second-order valence-corrected chi connectivity index (χ2v) is 5.07. The van der Waals surface area contributed by atoms with Gasteiger partial charge in [0.05, 0.1) is 6.20 Å². The molecule has 1 amide bonds. The maximum atomic E-state index is 12.4. The van der Waals surface area contributed by atoms with Crippen molar-refractivity contribution >= 4 is 11.6 Å². The fourth-order valence-electron chi connectivity index (χ4n) is 2.36. The average Bonchev–Trinajstić information content (AvgIpc) is 2.93. The zero-order chi connectivity index (χ0) is 15.4. The van der Waals surface area contributed by atoms with Crippen LogP contribution >= 0.6 is 0 Å². The van der Waals surface area contributed by atoms with E-state index in [9.17, 15) is 4.79 Å². The third kappa shape index (κ3) is 3.31. The van der Waals surface area contributed by atoms with E-state index in [1.54, 1.807) is 24.1 Å². The zero-order valence-corrected chi connectivity index (χ0v) is 12.8. The van der Waals surface area contributed by atoms with E-state index in [1.165, 1.54) is 0 Å². The quantitative estimate of drug-likeness (QED) is 0.885. The van der Waals surface area contributed by atoms with Gasteiger partial charge in [-0.05, 0) is 24.0 Å². The summed E-state index contributed by atoms with van der Waals surface area (Å²) in [5.41, 5.74) is 9.87. The molecule has 1 aromatic heterocycles. The van der Waals surface area contributed by atoms with Crippen molar-refractivity contribution in [1.29, 1.82) is 0 Å². The van der Waals surface area contributed by atoms with E-state index in [4.69, 9.17) is 5.73 Å². The maximum Gasteiger partial charge on any atom is 0.246 e. The Labute approximate surface area is 125 Å². The van der Waals surface area contributed by atoms with Gasteiger partial charge in [-0.3, -0.25) is 9.48 Å².